The summed E-state index contributed by atoms with van der Waals surface area (Å²) < 4.78 is 28.4. The molecule has 0 aliphatic heterocycles. The van der Waals surface area contributed by atoms with Crippen molar-refractivity contribution in [1.82, 2.24) is 0 Å². The lowest BCUT2D eigenvalue weighted by Gasteiger charge is -2.26. The monoisotopic (exact) mass is 179 g/mol. The summed E-state index contributed by atoms with van der Waals surface area (Å²) in [4.78, 5) is 0. The Labute approximate surface area is 71.1 Å². The third kappa shape index (κ3) is 3.45. The molecule has 0 bridgehead atoms. The first-order valence-electron chi connectivity index (χ1n) is 4.34. The van der Waals surface area contributed by atoms with Gasteiger partial charge in [-0.25, -0.2) is 8.78 Å². The Kier molecular flexibility index (Phi) is 3.88. The molecule has 0 heterocycles. The Morgan fingerprint density at radius 3 is 2.75 bits per heavy atom. The minimum Gasteiger partial charge on any atom is -0.372 e. The second-order valence-electron chi connectivity index (χ2n) is 3.27. The Bertz CT molecular complexity index is 132. The summed E-state index contributed by atoms with van der Waals surface area (Å²) in [7, 11) is 0. The quantitative estimate of drug-likeness (QED) is 0.713. The number of alkyl halides is 2. The van der Waals surface area contributed by atoms with Crippen LogP contribution in [0.4, 0.5) is 8.78 Å². The van der Waals surface area contributed by atoms with Crippen molar-refractivity contribution in [3.8, 4) is 0 Å². The van der Waals surface area contributed by atoms with Crippen molar-refractivity contribution in [1.29, 1.82) is 0 Å². The standard InChI is InChI=1S/C8H15F2NO/c9-8(10)5-12-7-3-1-2-6(11)4-7/h6-8H,1-5,11H2. The lowest BCUT2D eigenvalue weighted by molar-refractivity contribution is -0.0389. The van der Waals surface area contributed by atoms with E-state index in [0.29, 0.717) is 0 Å². The van der Waals surface area contributed by atoms with E-state index in [-0.39, 0.29) is 12.1 Å². The number of hydrogen-bond acceptors (Lipinski definition) is 2. The van der Waals surface area contributed by atoms with Crippen LogP contribution in [0, 0.1) is 0 Å². The summed E-state index contributed by atoms with van der Waals surface area (Å²) in [6, 6.07) is 0.140. The Hall–Kier alpha value is -0.220. The van der Waals surface area contributed by atoms with Gasteiger partial charge in [0, 0.05) is 6.04 Å². The predicted octanol–water partition coefficient (Wildman–Crippen LogP) is 1.54. The summed E-state index contributed by atoms with van der Waals surface area (Å²) in [6.45, 7) is -0.447. The highest BCUT2D eigenvalue weighted by Gasteiger charge is 2.20. The van der Waals surface area contributed by atoms with Crippen molar-refractivity contribution in [2.24, 2.45) is 5.73 Å². The maximum atomic E-state index is 11.7. The van der Waals surface area contributed by atoms with Crippen molar-refractivity contribution in [3.63, 3.8) is 0 Å². The summed E-state index contributed by atoms with van der Waals surface area (Å²) in [5.74, 6) is 0. The highest BCUT2D eigenvalue weighted by Crippen LogP contribution is 2.20. The van der Waals surface area contributed by atoms with Crippen LogP contribution in [0.1, 0.15) is 25.7 Å². The van der Waals surface area contributed by atoms with Crippen LogP contribution in [-0.4, -0.2) is 25.2 Å². The van der Waals surface area contributed by atoms with Gasteiger partial charge in [0.25, 0.3) is 6.43 Å². The fourth-order valence-electron chi connectivity index (χ4n) is 1.54. The molecule has 2 atom stereocenters. The molecule has 0 amide bonds. The minimum absolute atomic E-state index is 0.0391. The topological polar surface area (TPSA) is 35.2 Å². The molecule has 2 N–H and O–H groups in total. The van der Waals surface area contributed by atoms with Gasteiger partial charge in [-0.1, -0.05) is 0 Å². The average molecular weight is 179 g/mol. The van der Waals surface area contributed by atoms with Gasteiger partial charge in [0.2, 0.25) is 0 Å². The summed E-state index contributed by atoms with van der Waals surface area (Å²) in [6.07, 6.45) is 1.20. The van der Waals surface area contributed by atoms with E-state index in [9.17, 15) is 8.78 Å². The second-order valence-corrected chi connectivity index (χ2v) is 3.27. The van der Waals surface area contributed by atoms with E-state index in [1.807, 2.05) is 0 Å². The van der Waals surface area contributed by atoms with Gasteiger partial charge in [0.15, 0.2) is 0 Å². The third-order valence-corrected chi connectivity index (χ3v) is 2.12. The maximum Gasteiger partial charge on any atom is 0.261 e. The van der Waals surface area contributed by atoms with Gasteiger partial charge >= 0.3 is 0 Å². The van der Waals surface area contributed by atoms with Gasteiger partial charge in [-0.3, -0.25) is 0 Å². The Morgan fingerprint density at radius 2 is 2.17 bits per heavy atom. The van der Waals surface area contributed by atoms with E-state index in [2.05, 4.69) is 0 Å². The largest absolute Gasteiger partial charge is 0.372 e. The van der Waals surface area contributed by atoms with Crippen LogP contribution in [0.5, 0.6) is 0 Å². The number of rotatable bonds is 3. The third-order valence-electron chi connectivity index (χ3n) is 2.12. The molecule has 0 radical (unpaired) electrons. The SMILES string of the molecule is NC1CCCC(OCC(F)F)C1. The molecule has 72 valence electrons. The zero-order valence-corrected chi connectivity index (χ0v) is 7.01. The van der Waals surface area contributed by atoms with Crippen LogP contribution in [0.3, 0.4) is 0 Å². The van der Waals surface area contributed by atoms with Crippen LogP contribution in [0.25, 0.3) is 0 Å². The first-order valence-corrected chi connectivity index (χ1v) is 4.34. The lowest BCUT2D eigenvalue weighted by Crippen LogP contribution is -2.33. The lowest BCUT2D eigenvalue weighted by atomic mass is 9.94. The van der Waals surface area contributed by atoms with E-state index >= 15 is 0 Å². The van der Waals surface area contributed by atoms with Crippen molar-refractivity contribution in [2.75, 3.05) is 6.61 Å². The average Bonchev–Trinajstić information content (AvgIpc) is 2.01. The maximum absolute atomic E-state index is 11.7. The summed E-state index contributed by atoms with van der Waals surface area (Å²) >= 11 is 0. The van der Waals surface area contributed by atoms with Gasteiger partial charge < -0.3 is 10.5 Å². The summed E-state index contributed by atoms with van der Waals surface area (Å²) in [5.41, 5.74) is 5.66. The Balaban J connectivity index is 2.14. The van der Waals surface area contributed by atoms with Crippen LogP contribution in [0.2, 0.25) is 0 Å². The molecular weight excluding hydrogens is 164 g/mol. The van der Waals surface area contributed by atoms with Gasteiger partial charge in [0.05, 0.1) is 6.10 Å². The van der Waals surface area contributed by atoms with E-state index in [0.717, 1.165) is 25.7 Å². The Morgan fingerprint density at radius 1 is 1.42 bits per heavy atom. The molecule has 1 rings (SSSR count). The fraction of sp³-hybridized carbons (Fsp3) is 1.00. The second kappa shape index (κ2) is 4.72. The molecule has 0 aromatic rings. The first-order chi connectivity index (χ1) is 5.68. The molecule has 0 aromatic heterocycles. The molecule has 4 heteroatoms. The van der Waals surface area contributed by atoms with Gasteiger partial charge in [-0.05, 0) is 25.7 Å². The summed E-state index contributed by atoms with van der Waals surface area (Å²) in [5, 5.41) is 0. The highest BCUT2D eigenvalue weighted by molar-refractivity contribution is 4.75. The number of hydrogen-bond donors (Lipinski definition) is 1. The molecule has 1 aliphatic carbocycles. The normalized spacial score (nSPS) is 31.0. The van der Waals surface area contributed by atoms with Crippen molar-refractivity contribution in [3.05, 3.63) is 0 Å². The molecule has 1 aliphatic rings. The number of halogens is 2. The van der Waals surface area contributed by atoms with Crippen LogP contribution >= 0.6 is 0 Å². The van der Waals surface area contributed by atoms with Crippen molar-refractivity contribution < 1.29 is 13.5 Å². The smallest absolute Gasteiger partial charge is 0.261 e. The number of nitrogens with two attached hydrogens (primary N) is 1. The zero-order chi connectivity index (χ0) is 8.97. The van der Waals surface area contributed by atoms with Crippen LogP contribution in [-0.2, 0) is 4.74 Å². The molecule has 0 saturated heterocycles. The highest BCUT2D eigenvalue weighted by atomic mass is 19.3. The van der Waals surface area contributed by atoms with E-state index in [1.54, 1.807) is 0 Å². The first kappa shape index (κ1) is 9.86. The minimum atomic E-state index is -2.36. The van der Waals surface area contributed by atoms with Gasteiger partial charge in [0.1, 0.15) is 6.61 Å². The van der Waals surface area contributed by atoms with Crippen molar-refractivity contribution in [2.45, 2.75) is 44.3 Å². The molecule has 2 nitrogen and oxygen atoms in total. The molecular formula is C8H15F2NO. The molecule has 2 unspecified atom stereocenters. The molecule has 12 heavy (non-hydrogen) atoms. The van der Waals surface area contributed by atoms with Crippen LogP contribution < -0.4 is 5.73 Å². The van der Waals surface area contributed by atoms with E-state index in [1.165, 1.54) is 0 Å². The van der Waals surface area contributed by atoms with E-state index in [4.69, 9.17) is 10.5 Å². The number of ether oxygens (including phenoxy) is 1. The zero-order valence-electron chi connectivity index (χ0n) is 7.01. The van der Waals surface area contributed by atoms with Crippen molar-refractivity contribution >= 4 is 0 Å². The molecule has 0 spiro atoms. The molecule has 0 aromatic carbocycles. The van der Waals surface area contributed by atoms with Crippen LogP contribution in [0.15, 0.2) is 0 Å². The van der Waals surface area contributed by atoms with Gasteiger partial charge in [-0.2, -0.15) is 0 Å². The van der Waals surface area contributed by atoms with Gasteiger partial charge in [-0.15, -0.1) is 0 Å². The predicted molar refractivity (Wildman–Crippen MR) is 42.2 cm³/mol. The molecule has 1 fully saturated rings. The fourth-order valence-corrected chi connectivity index (χ4v) is 1.54. The molecule has 1 saturated carbocycles. The van der Waals surface area contributed by atoms with E-state index < -0.39 is 13.0 Å².